The van der Waals surface area contributed by atoms with Gasteiger partial charge in [-0.3, -0.25) is 4.79 Å². The van der Waals surface area contributed by atoms with E-state index in [2.05, 4.69) is 15.2 Å². The van der Waals surface area contributed by atoms with E-state index in [4.69, 9.17) is 9.15 Å². The third-order valence-corrected chi connectivity index (χ3v) is 4.25. The third kappa shape index (κ3) is 5.88. The highest BCUT2D eigenvalue weighted by Crippen LogP contribution is 2.22. The van der Waals surface area contributed by atoms with Crippen LogP contribution in [0.15, 0.2) is 27.8 Å². The van der Waals surface area contributed by atoms with Crippen molar-refractivity contribution >= 4 is 35.9 Å². The van der Waals surface area contributed by atoms with Crippen LogP contribution in [-0.2, 0) is 15.1 Å². The van der Waals surface area contributed by atoms with Crippen LogP contribution < -0.4 is 5.32 Å². The molecule has 8 heteroatoms. The number of ether oxygens (including phenoxy) is 1. The van der Waals surface area contributed by atoms with Gasteiger partial charge in [-0.2, -0.15) is 0 Å². The molecule has 2 rings (SSSR count). The first kappa shape index (κ1) is 21.8. The standard InChI is InChI=1S/C17H27N3O4.HI/c1-4-18-16(19-12-17(2,22)14-6-5-11-24-14)20-9-7-13(8-10-20)15(21)23-3;/h5-6,11,13,22H,4,7-10,12H2,1-3H3,(H,18,19);1H. The van der Waals surface area contributed by atoms with Crippen molar-refractivity contribution in [1.82, 2.24) is 10.2 Å². The number of methoxy groups -OCH3 is 1. The minimum atomic E-state index is -1.16. The molecule has 142 valence electrons. The number of hydrogen-bond donors (Lipinski definition) is 2. The van der Waals surface area contributed by atoms with Crippen LogP contribution >= 0.6 is 24.0 Å². The third-order valence-electron chi connectivity index (χ3n) is 4.25. The molecule has 0 spiro atoms. The highest BCUT2D eigenvalue weighted by Gasteiger charge is 2.29. The number of esters is 1. The lowest BCUT2D eigenvalue weighted by atomic mass is 9.97. The highest BCUT2D eigenvalue weighted by atomic mass is 127. The van der Waals surface area contributed by atoms with Gasteiger partial charge in [0.15, 0.2) is 5.96 Å². The van der Waals surface area contributed by atoms with Crippen molar-refractivity contribution in [3.05, 3.63) is 24.2 Å². The number of halogens is 1. The van der Waals surface area contributed by atoms with Crippen molar-refractivity contribution in [1.29, 1.82) is 0 Å². The van der Waals surface area contributed by atoms with Crippen LogP contribution in [0.3, 0.4) is 0 Å². The maximum Gasteiger partial charge on any atom is 0.308 e. The molecule has 1 unspecified atom stereocenters. The molecule has 0 aromatic carbocycles. The summed E-state index contributed by atoms with van der Waals surface area (Å²) in [5.74, 6) is 1.05. The van der Waals surface area contributed by atoms with E-state index < -0.39 is 5.60 Å². The number of nitrogens with one attached hydrogen (secondary N) is 1. The molecule has 2 N–H and O–H groups in total. The van der Waals surface area contributed by atoms with E-state index in [0.717, 1.165) is 38.4 Å². The summed E-state index contributed by atoms with van der Waals surface area (Å²) in [6.45, 7) is 6.07. The van der Waals surface area contributed by atoms with Gasteiger partial charge in [0.25, 0.3) is 0 Å². The van der Waals surface area contributed by atoms with Gasteiger partial charge in [0, 0.05) is 19.6 Å². The lowest BCUT2D eigenvalue weighted by Gasteiger charge is -2.33. The maximum atomic E-state index is 11.6. The second-order valence-electron chi connectivity index (χ2n) is 6.21. The van der Waals surface area contributed by atoms with Crippen LogP contribution in [-0.4, -0.2) is 55.2 Å². The molecule has 0 saturated carbocycles. The van der Waals surface area contributed by atoms with Gasteiger partial charge in [0.1, 0.15) is 11.4 Å². The number of aliphatic hydroxyl groups is 1. The molecule has 1 aromatic heterocycles. The zero-order valence-electron chi connectivity index (χ0n) is 15.0. The molecule has 1 fully saturated rings. The Morgan fingerprint density at radius 2 is 2.20 bits per heavy atom. The van der Waals surface area contributed by atoms with E-state index in [1.54, 1.807) is 19.1 Å². The smallest absolute Gasteiger partial charge is 0.308 e. The Morgan fingerprint density at radius 3 is 2.72 bits per heavy atom. The van der Waals surface area contributed by atoms with Crippen LogP contribution in [0.5, 0.6) is 0 Å². The van der Waals surface area contributed by atoms with E-state index in [1.807, 2.05) is 6.92 Å². The normalized spacial score (nSPS) is 18.2. The second-order valence-corrected chi connectivity index (χ2v) is 6.21. The van der Waals surface area contributed by atoms with E-state index in [9.17, 15) is 9.90 Å². The van der Waals surface area contributed by atoms with Crippen LogP contribution in [0.4, 0.5) is 0 Å². The van der Waals surface area contributed by atoms with Crippen LogP contribution in [0, 0.1) is 5.92 Å². The average Bonchev–Trinajstić information content (AvgIpc) is 3.13. The molecular weight excluding hydrogens is 437 g/mol. The molecule has 1 saturated heterocycles. The molecule has 2 heterocycles. The lowest BCUT2D eigenvalue weighted by Crippen LogP contribution is -2.47. The molecule has 1 atom stereocenters. The first-order chi connectivity index (χ1) is 11.5. The van der Waals surface area contributed by atoms with Crippen molar-refractivity contribution in [2.24, 2.45) is 10.9 Å². The summed E-state index contributed by atoms with van der Waals surface area (Å²) >= 11 is 0. The summed E-state index contributed by atoms with van der Waals surface area (Å²) in [6, 6.07) is 3.49. The van der Waals surface area contributed by atoms with Gasteiger partial charge in [-0.1, -0.05) is 0 Å². The van der Waals surface area contributed by atoms with Gasteiger partial charge in [-0.05, 0) is 38.8 Å². The van der Waals surface area contributed by atoms with E-state index in [-0.39, 0.29) is 42.4 Å². The number of carbonyl (C=O) groups is 1. The maximum absolute atomic E-state index is 11.6. The fourth-order valence-electron chi connectivity index (χ4n) is 2.81. The minimum Gasteiger partial charge on any atom is -0.469 e. The summed E-state index contributed by atoms with van der Waals surface area (Å²) in [5.41, 5.74) is -1.16. The first-order valence-corrected chi connectivity index (χ1v) is 8.35. The Balaban J connectivity index is 0.00000312. The Labute approximate surface area is 165 Å². The summed E-state index contributed by atoms with van der Waals surface area (Å²) in [5, 5.41) is 13.8. The lowest BCUT2D eigenvalue weighted by molar-refractivity contribution is -0.146. The summed E-state index contributed by atoms with van der Waals surface area (Å²) in [7, 11) is 1.43. The summed E-state index contributed by atoms with van der Waals surface area (Å²) in [4.78, 5) is 18.3. The first-order valence-electron chi connectivity index (χ1n) is 8.35. The van der Waals surface area contributed by atoms with Crippen molar-refractivity contribution in [3.8, 4) is 0 Å². The van der Waals surface area contributed by atoms with Gasteiger partial charge in [0.05, 0.1) is 25.8 Å². The number of carbonyl (C=O) groups excluding carboxylic acids is 1. The largest absolute Gasteiger partial charge is 0.469 e. The number of rotatable bonds is 5. The van der Waals surface area contributed by atoms with Crippen LogP contribution in [0.1, 0.15) is 32.4 Å². The summed E-state index contributed by atoms with van der Waals surface area (Å²) < 4.78 is 10.1. The molecular formula is C17H28IN3O4. The van der Waals surface area contributed by atoms with Gasteiger partial charge < -0.3 is 24.5 Å². The average molecular weight is 465 g/mol. The van der Waals surface area contributed by atoms with Gasteiger partial charge in [0.2, 0.25) is 0 Å². The van der Waals surface area contributed by atoms with E-state index in [0.29, 0.717) is 5.76 Å². The SMILES string of the molecule is CCNC(=NCC(C)(O)c1ccco1)N1CCC(C(=O)OC)CC1.I. The van der Waals surface area contributed by atoms with Crippen LogP contribution in [0.2, 0.25) is 0 Å². The molecule has 1 aliphatic heterocycles. The number of likely N-dealkylation sites (tertiary alicyclic amines) is 1. The molecule has 7 nitrogen and oxygen atoms in total. The Bertz CT molecular complexity index is 552. The minimum absolute atomic E-state index is 0. The summed E-state index contributed by atoms with van der Waals surface area (Å²) in [6.07, 6.45) is 3.02. The molecule has 1 aromatic rings. The zero-order chi connectivity index (χ0) is 17.6. The van der Waals surface area contributed by atoms with Crippen molar-refractivity contribution in [2.45, 2.75) is 32.3 Å². The van der Waals surface area contributed by atoms with Crippen molar-refractivity contribution in [2.75, 3.05) is 33.3 Å². The quantitative estimate of drug-likeness (QED) is 0.299. The van der Waals surface area contributed by atoms with Gasteiger partial charge in [-0.25, -0.2) is 4.99 Å². The van der Waals surface area contributed by atoms with Crippen LogP contribution in [0.25, 0.3) is 0 Å². The molecule has 0 radical (unpaired) electrons. The number of hydrogen-bond acceptors (Lipinski definition) is 5. The van der Waals surface area contributed by atoms with Gasteiger partial charge in [-0.15, -0.1) is 24.0 Å². The van der Waals surface area contributed by atoms with E-state index in [1.165, 1.54) is 13.4 Å². The number of piperidine rings is 1. The highest BCUT2D eigenvalue weighted by molar-refractivity contribution is 14.0. The Kier molecular flexibility index (Phi) is 8.70. The molecule has 1 aliphatic rings. The predicted molar refractivity (Wildman–Crippen MR) is 106 cm³/mol. The molecule has 0 amide bonds. The van der Waals surface area contributed by atoms with Crippen molar-refractivity contribution < 1.29 is 19.1 Å². The second kappa shape index (κ2) is 10.0. The Morgan fingerprint density at radius 1 is 1.52 bits per heavy atom. The number of aliphatic imine (C=N–C) groups is 1. The fourth-order valence-corrected chi connectivity index (χ4v) is 2.81. The topological polar surface area (TPSA) is 87.3 Å². The Hall–Kier alpha value is -1.29. The zero-order valence-corrected chi connectivity index (χ0v) is 17.4. The van der Waals surface area contributed by atoms with E-state index >= 15 is 0 Å². The van der Waals surface area contributed by atoms with Gasteiger partial charge >= 0.3 is 5.97 Å². The molecule has 0 aliphatic carbocycles. The number of guanidine groups is 1. The molecule has 0 bridgehead atoms. The number of nitrogens with zero attached hydrogens (tertiary/aromatic N) is 2. The number of furan rings is 1. The fraction of sp³-hybridized carbons (Fsp3) is 0.647. The monoisotopic (exact) mass is 465 g/mol. The van der Waals surface area contributed by atoms with Crippen molar-refractivity contribution in [3.63, 3.8) is 0 Å². The molecule has 25 heavy (non-hydrogen) atoms. The predicted octanol–water partition coefficient (Wildman–Crippen LogP) is 1.96.